The first-order valence-electron chi connectivity index (χ1n) is 19.5. The van der Waals surface area contributed by atoms with E-state index in [4.69, 9.17) is 0 Å². The van der Waals surface area contributed by atoms with Gasteiger partial charge in [0, 0.05) is 41.7 Å². The summed E-state index contributed by atoms with van der Waals surface area (Å²) in [4.78, 5) is 111. The van der Waals surface area contributed by atoms with E-state index in [1.807, 2.05) is 48.5 Å². The average Bonchev–Trinajstić information content (AvgIpc) is 3.10. The number of nitrogens with one attached hydrogen (secondary N) is 4. The minimum atomic E-state index is -1.18. The fourth-order valence-electron chi connectivity index (χ4n) is 6.00. The monoisotopic (exact) mass is 781 g/mol. The molecule has 316 valence electrons. The Morgan fingerprint density at radius 3 is 1.35 bits per heavy atom. The zero-order chi connectivity index (χ0) is 43.1. The highest BCUT2D eigenvalue weighted by molar-refractivity contribution is 6.01. The molecule has 0 aliphatic carbocycles. The fraction of sp³-hybridized carbons (Fsp3) is 0.795. The number of carbonyl (C=O) groups excluding carboxylic acids is 8. The van der Waals surface area contributed by atoms with E-state index in [2.05, 4.69) is 21.3 Å². The Kier molecular flexibility index (Phi) is 21.8. The van der Waals surface area contributed by atoms with Crippen LogP contribution < -0.4 is 21.3 Å². The Labute approximate surface area is 329 Å². The van der Waals surface area contributed by atoms with Gasteiger partial charge in [-0.3, -0.25) is 38.9 Å². The first-order chi connectivity index (χ1) is 25.3. The normalized spacial score (nSPS) is 14.6. The molecule has 0 fully saturated rings. The van der Waals surface area contributed by atoms with Crippen molar-refractivity contribution < 1.29 is 38.4 Å². The molecule has 0 aliphatic rings. The van der Waals surface area contributed by atoms with Crippen molar-refractivity contribution in [2.75, 3.05) is 35.2 Å². The first-order valence-corrected chi connectivity index (χ1v) is 19.5. The number of hydrogen-bond donors (Lipinski definition) is 4. The Morgan fingerprint density at radius 2 is 0.945 bits per heavy atom. The van der Waals surface area contributed by atoms with Gasteiger partial charge in [0.25, 0.3) is 0 Å². The van der Waals surface area contributed by atoms with Gasteiger partial charge >= 0.3 is 6.03 Å². The highest BCUT2D eigenvalue weighted by Gasteiger charge is 2.38. The van der Waals surface area contributed by atoms with Crippen molar-refractivity contribution in [2.45, 2.75) is 145 Å². The molecule has 0 aromatic rings. The molecule has 0 aromatic carbocycles. The topological polar surface area (TPSA) is 198 Å². The summed E-state index contributed by atoms with van der Waals surface area (Å²) in [5.74, 6) is -3.89. The van der Waals surface area contributed by atoms with E-state index < -0.39 is 77.7 Å². The number of carbonyl (C=O) groups is 8. The summed E-state index contributed by atoms with van der Waals surface area (Å²) in [6.45, 7) is 19.8. The maximum atomic E-state index is 14.1. The minimum absolute atomic E-state index is 0.00272. The molecule has 0 saturated heterocycles. The molecule has 0 saturated carbocycles. The molecule has 0 bridgehead atoms. The molecule has 4 N–H and O–H groups in total. The smallest absolute Gasteiger partial charge is 0.324 e. The predicted molar refractivity (Wildman–Crippen MR) is 212 cm³/mol. The maximum Gasteiger partial charge on any atom is 0.324 e. The molecule has 0 heterocycles. The first kappa shape index (κ1) is 50.8. The average molecular weight is 781 g/mol. The second kappa shape index (κ2) is 23.6. The number of amides is 9. The van der Waals surface area contributed by atoms with Gasteiger partial charge in [-0.25, -0.2) is 4.79 Å². The van der Waals surface area contributed by atoms with Crippen LogP contribution in [0.5, 0.6) is 0 Å². The number of rotatable bonds is 21. The van der Waals surface area contributed by atoms with Gasteiger partial charge in [-0.05, 0) is 63.2 Å². The lowest BCUT2D eigenvalue weighted by atomic mass is 9.96. The van der Waals surface area contributed by atoms with Crippen molar-refractivity contribution >= 4 is 47.4 Å². The molecule has 16 nitrogen and oxygen atoms in total. The third-order valence-electron chi connectivity index (χ3n) is 9.66. The van der Waals surface area contributed by atoms with Gasteiger partial charge in [-0.15, -0.1) is 0 Å². The molecule has 0 unspecified atom stereocenters. The van der Waals surface area contributed by atoms with Gasteiger partial charge < -0.3 is 35.6 Å². The van der Waals surface area contributed by atoms with Crippen LogP contribution in [0, 0.1) is 23.7 Å². The maximum absolute atomic E-state index is 14.1. The minimum Gasteiger partial charge on any atom is -0.357 e. The fourth-order valence-corrected chi connectivity index (χ4v) is 6.00. The molecule has 0 radical (unpaired) electrons. The van der Waals surface area contributed by atoms with E-state index >= 15 is 0 Å². The largest absolute Gasteiger partial charge is 0.357 e. The SMILES string of the molecule is CCCC(=O)N(C)[C@H](C)C(=O)N(C)[C@@H](CC(C)C)C(=O)N[C@H](C(=O)N(C)[C@@H](CC(C)C)C(=O)N[C@H](C)C(=O)NC(=O)N(C)[C@H](CC(C)C)C(=O)NC)C(C)C. The summed E-state index contributed by atoms with van der Waals surface area (Å²) < 4.78 is 0. The van der Waals surface area contributed by atoms with Crippen LogP contribution in [0.3, 0.4) is 0 Å². The van der Waals surface area contributed by atoms with Crippen molar-refractivity contribution in [1.29, 1.82) is 0 Å². The van der Waals surface area contributed by atoms with Crippen molar-refractivity contribution in [3.8, 4) is 0 Å². The summed E-state index contributed by atoms with van der Waals surface area (Å²) in [5, 5.41) is 10.2. The lowest BCUT2D eigenvalue weighted by Gasteiger charge is -2.36. The molecule has 16 heteroatoms. The van der Waals surface area contributed by atoms with E-state index in [0.717, 1.165) is 4.90 Å². The highest BCUT2D eigenvalue weighted by Crippen LogP contribution is 2.18. The van der Waals surface area contributed by atoms with Crippen LogP contribution >= 0.6 is 0 Å². The molecule has 0 rings (SSSR count). The van der Waals surface area contributed by atoms with Crippen LogP contribution in [0.25, 0.3) is 0 Å². The molecule has 6 atom stereocenters. The molecule has 0 spiro atoms. The Morgan fingerprint density at radius 1 is 0.527 bits per heavy atom. The van der Waals surface area contributed by atoms with Crippen molar-refractivity contribution in [3.63, 3.8) is 0 Å². The summed E-state index contributed by atoms with van der Waals surface area (Å²) in [5.41, 5.74) is 0. The standard InChI is InChI=1S/C39H72N8O8/c1-17-18-31(48)44(13)27(11)37(53)45(14)30(21-24(6)7)36(52)42-32(25(8)9)38(54)46(15)29(20-23(4)5)35(51)41-26(10)33(49)43-39(55)47(16)28(19-22(2)3)34(50)40-12/h22-30,32H,17-21H2,1-16H3,(H,40,50)(H,41,51)(H,42,52)(H,43,49,55)/t26-,27-,28-,29+,30+,32+/m1/s1. The van der Waals surface area contributed by atoms with Crippen LogP contribution in [0.4, 0.5) is 4.79 Å². The number of imide groups is 1. The number of urea groups is 1. The lowest BCUT2D eigenvalue weighted by molar-refractivity contribution is -0.148. The third-order valence-corrected chi connectivity index (χ3v) is 9.66. The van der Waals surface area contributed by atoms with Crippen LogP contribution in [0.2, 0.25) is 0 Å². The van der Waals surface area contributed by atoms with E-state index in [9.17, 15) is 38.4 Å². The second-order valence-corrected chi connectivity index (χ2v) is 16.2. The molecular weight excluding hydrogens is 708 g/mol. The summed E-state index contributed by atoms with van der Waals surface area (Å²) >= 11 is 0. The van der Waals surface area contributed by atoms with Crippen LogP contribution in [0.1, 0.15) is 108 Å². The van der Waals surface area contributed by atoms with Crippen LogP contribution in [-0.4, -0.2) is 138 Å². The Bertz CT molecular complexity index is 1340. The number of hydrogen-bond acceptors (Lipinski definition) is 8. The lowest BCUT2D eigenvalue weighted by Crippen LogP contribution is -2.60. The van der Waals surface area contributed by atoms with Crippen LogP contribution in [-0.2, 0) is 33.6 Å². The van der Waals surface area contributed by atoms with Gasteiger partial charge in [-0.2, -0.15) is 0 Å². The van der Waals surface area contributed by atoms with Crippen molar-refractivity contribution in [1.82, 2.24) is 40.9 Å². The molecule has 55 heavy (non-hydrogen) atoms. The third kappa shape index (κ3) is 15.8. The highest BCUT2D eigenvalue weighted by atomic mass is 16.2. The van der Waals surface area contributed by atoms with Gasteiger partial charge in [0.15, 0.2) is 0 Å². The Hall–Kier alpha value is -4.24. The van der Waals surface area contributed by atoms with Gasteiger partial charge in [0.05, 0.1) is 0 Å². The predicted octanol–water partition coefficient (Wildman–Crippen LogP) is 2.35. The molecular formula is C39H72N8O8. The van der Waals surface area contributed by atoms with Gasteiger partial charge in [-0.1, -0.05) is 62.3 Å². The number of nitrogens with zero attached hydrogens (tertiary/aromatic N) is 4. The molecule has 0 aliphatic heterocycles. The van der Waals surface area contributed by atoms with E-state index in [0.29, 0.717) is 19.3 Å². The van der Waals surface area contributed by atoms with E-state index in [-0.39, 0.29) is 42.4 Å². The summed E-state index contributed by atoms with van der Waals surface area (Å²) in [6, 6.07) is -6.69. The Balaban J connectivity index is 6.17. The summed E-state index contributed by atoms with van der Waals surface area (Å²) in [7, 11) is 7.40. The van der Waals surface area contributed by atoms with E-state index in [1.54, 1.807) is 27.8 Å². The van der Waals surface area contributed by atoms with Gasteiger partial charge in [0.1, 0.15) is 36.3 Å². The second-order valence-electron chi connectivity index (χ2n) is 16.2. The van der Waals surface area contributed by atoms with Gasteiger partial charge in [0.2, 0.25) is 41.4 Å². The van der Waals surface area contributed by atoms with E-state index in [1.165, 1.54) is 49.8 Å². The zero-order valence-electron chi connectivity index (χ0n) is 36.4. The van der Waals surface area contributed by atoms with Crippen LogP contribution in [0.15, 0.2) is 0 Å². The van der Waals surface area contributed by atoms with Crippen molar-refractivity contribution in [2.24, 2.45) is 23.7 Å². The molecule has 0 aromatic heterocycles. The number of likely N-dealkylation sites (N-methyl/N-ethyl adjacent to an activating group) is 5. The quantitative estimate of drug-likeness (QED) is 0.136. The van der Waals surface area contributed by atoms with Crippen molar-refractivity contribution in [3.05, 3.63) is 0 Å². The summed E-state index contributed by atoms with van der Waals surface area (Å²) in [6.07, 6.45) is 1.80. The zero-order valence-corrected chi connectivity index (χ0v) is 36.4. The molecule has 9 amide bonds.